The summed E-state index contributed by atoms with van der Waals surface area (Å²) in [7, 11) is 0. The average molecular weight is 574 g/mol. The summed E-state index contributed by atoms with van der Waals surface area (Å²) in [5.74, 6) is 0. The van der Waals surface area contributed by atoms with Crippen LogP contribution in [0.1, 0.15) is 0 Å². The third-order valence-corrected chi connectivity index (χ3v) is 9.40. The molecule has 0 atom stereocenters. The maximum atomic E-state index is 2.48. The molecule has 45 heavy (non-hydrogen) atoms. The lowest BCUT2D eigenvalue weighted by Gasteiger charge is -2.26. The van der Waals surface area contributed by atoms with Gasteiger partial charge in [0.2, 0.25) is 0 Å². The van der Waals surface area contributed by atoms with Gasteiger partial charge in [0.15, 0.2) is 0 Å². The zero-order chi connectivity index (χ0) is 29.5. The van der Waals surface area contributed by atoms with Gasteiger partial charge in [0.05, 0.1) is 27.8 Å². The number of rotatable bonds is 4. The van der Waals surface area contributed by atoms with Crippen LogP contribution in [0.25, 0.3) is 65.8 Å². The van der Waals surface area contributed by atoms with Gasteiger partial charge in [0.1, 0.15) is 5.65 Å². The van der Waals surface area contributed by atoms with Gasteiger partial charge in [-0.1, -0.05) is 109 Å². The van der Waals surface area contributed by atoms with Gasteiger partial charge < -0.3 is 4.90 Å². The lowest BCUT2D eigenvalue weighted by atomic mass is 10.0. The van der Waals surface area contributed by atoms with E-state index in [1.54, 1.807) is 0 Å². The molecule has 3 nitrogen and oxygen atoms in total. The minimum absolute atomic E-state index is 1.12. The zero-order valence-corrected chi connectivity index (χ0v) is 24.4. The highest BCUT2D eigenvalue weighted by molar-refractivity contribution is 6.24. The van der Waals surface area contributed by atoms with Crippen LogP contribution in [0.2, 0.25) is 0 Å². The number of aromatic nitrogens is 2. The van der Waals surface area contributed by atoms with E-state index in [4.69, 9.17) is 0 Å². The third-order valence-electron chi connectivity index (χ3n) is 9.40. The normalized spacial score (nSPS) is 12.0. The number of anilines is 3. The first-order valence-corrected chi connectivity index (χ1v) is 15.5. The number of fused-ring (bicyclic) bond motifs is 10. The third kappa shape index (κ3) is 3.41. The van der Waals surface area contributed by atoms with Crippen molar-refractivity contribution in [1.82, 2.24) is 8.80 Å². The van der Waals surface area contributed by atoms with Gasteiger partial charge >= 0.3 is 0 Å². The van der Waals surface area contributed by atoms with Crippen LogP contribution in [0.4, 0.5) is 17.1 Å². The fourth-order valence-corrected chi connectivity index (χ4v) is 7.45. The molecule has 3 heterocycles. The summed E-state index contributed by atoms with van der Waals surface area (Å²) < 4.78 is 4.93. The van der Waals surface area contributed by atoms with Crippen molar-refractivity contribution in [2.75, 3.05) is 4.90 Å². The summed E-state index contributed by atoms with van der Waals surface area (Å²) in [4.78, 5) is 2.40. The number of nitrogens with zero attached hydrogens (tertiary/aromatic N) is 3. The van der Waals surface area contributed by atoms with Crippen LogP contribution in [0.5, 0.6) is 0 Å². The molecular weight excluding hydrogens is 546 g/mol. The van der Waals surface area contributed by atoms with E-state index in [9.17, 15) is 0 Å². The highest BCUT2D eigenvalue weighted by Crippen LogP contribution is 2.46. The molecule has 0 aliphatic heterocycles. The second-order valence-electron chi connectivity index (χ2n) is 11.8. The van der Waals surface area contributed by atoms with Crippen LogP contribution in [0, 0.1) is 0 Å². The maximum Gasteiger partial charge on any atom is 0.131 e. The van der Waals surface area contributed by atoms with E-state index in [0.717, 1.165) is 17.1 Å². The van der Waals surface area contributed by atoms with Crippen molar-refractivity contribution >= 4 is 71.7 Å². The molecule has 0 spiro atoms. The molecule has 0 amide bonds. The Hall–Kier alpha value is -6.06. The molecular formula is C42H27N3. The van der Waals surface area contributed by atoms with Crippen LogP contribution < -0.4 is 4.90 Å². The Bertz CT molecular complexity index is 2690. The van der Waals surface area contributed by atoms with Gasteiger partial charge in [-0.2, -0.15) is 0 Å². The van der Waals surface area contributed by atoms with Crippen LogP contribution in [0.3, 0.4) is 0 Å². The van der Waals surface area contributed by atoms with Crippen molar-refractivity contribution < 1.29 is 0 Å². The fourth-order valence-electron chi connectivity index (χ4n) is 7.45. The van der Waals surface area contributed by atoms with Crippen LogP contribution in [-0.4, -0.2) is 8.80 Å². The number of imidazole rings is 1. The van der Waals surface area contributed by atoms with E-state index < -0.39 is 0 Å². The summed E-state index contributed by atoms with van der Waals surface area (Å²) in [5, 5.41) is 6.41. The van der Waals surface area contributed by atoms with Crippen LogP contribution in [0.15, 0.2) is 164 Å². The van der Waals surface area contributed by atoms with Gasteiger partial charge in [-0.05, 0) is 76.5 Å². The van der Waals surface area contributed by atoms with E-state index in [1.807, 2.05) is 0 Å². The first-order chi connectivity index (χ1) is 22.3. The topological polar surface area (TPSA) is 12.1 Å². The van der Waals surface area contributed by atoms with Gasteiger partial charge in [0.25, 0.3) is 0 Å². The molecule has 0 aliphatic rings. The predicted molar refractivity (Wildman–Crippen MR) is 190 cm³/mol. The molecule has 0 fully saturated rings. The average Bonchev–Trinajstić information content (AvgIpc) is 3.74. The number of hydrogen-bond donors (Lipinski definition) is 0. The van der Waals surface area contributed by atoms with E-state index in [2.05, 4.69) is 177 Å². The van der Waals surface area contributed by atoms with Crippen molar-refractivity contribution in [2.24, 2.45) is 0 Å². The summed E-state index contributed by atoms with van der Waals surface area (Å²) in [6.07, 6.45) is 0. The summed E-state index contributed by atoms with van der Waals surface area (Å²) in [6.45, 7) is 0. The SMILES string of the molecule is c1ccc(N(c2ccc(-c3ccc4ccccc4c3)cc2)c2cccc3c2n2c4ccccc4c4c5ccccc5n3c42)cc1. The lowest BCUT2D eigenvalue weighted by Crippen LogP contribution is -2.10. The van der Waals surface area contributed by atoms with E-state index in [1.165, 1.54) is 65.8 Å². The molecule has 0 N–H and O–H groups in total. The Balaban J connectivity index is 1.24. The molecule has 0 unspecified atom stereocenters. The van der Waals surface area contributed by atoms with Crippen molar-refractivity contribution in [3.8, 4) is 11.1 Å². The van der Waals surface area contributed by atoms with Crippen molar-refractivity contribution in [1.29, 1.82) is 0 Å². The smallest absolute Gasteiger partial charge is 0.131 e. The fraction of sp³-hybridized carbons (Fsp3) is 0. The minimum atomic E-state index is 1.12. The molecule has 7 aromatic carbocycles. The predicted octanol–water partition coefficient (Wildman–Crippen LogP) is 11.4. The molecule has 3 heteroatoms. The van der Waals surface area contributed by atoms with E-state index >= 15 is 0 Å². The summed E-state index contributed by atoms with van der Waals surface area (Å²) >= 11 is 0. The van der Waals surface area contributed by atoms with E-state index in [0.29, 0.717) is 0 Å². The Morgan fingerprint density at radius 3 is 1.78 bits per heavy atom. The zero-order valence-electron chi connectivity index (χ0n) is 24.4. The van der Waals surface area contributed by atoms with Crippen molar-refractivity contribution in [3.63, 3.8) is 0 Å². The highest BCUT2D eigenvalue weighted by atomic mass is 15.2. The molecule has 10 aromatic rings. The van der Waals surface area contributed by atoms with Gasteiger partial charge in [-0.15, -0.1) is 0 Å². The first kappa shape index (κ1) is 24.4. The molecule has 0 bridgehead atoms. The maximum absolute atomic E-state index is 2.48. The standard InChI is InChI=1S/C42H27N3/c1-2-13-32(14-3-1)43(33-25-23-29(24-26-33)31-22-21-28-11-4-5-12-30(28)27-31)38-19-10-20-39-41(38)45-37-18-9-7-16-35(37)40-34-15-6-8-17-36(34)44(39)42(40)45/h1-27H. The van der Waals surface area contributed by atoms with Gasteiger partial charge in [0, 0.05) is 27.5 Å². The monoisotopic (exact) mass is 573 g/mol. The van der Waals surface area contributed by atoms with Gasteiger partial charge in [-0.25, -0.2) is 0 Å². The number of benzene rings is 7. The molecule has 210 valence electrons. The Morgan fingerprint density at radius 1 is 0.400 bits per heavy atom. The molecule has 0 saturated heterocycles. The van der Waals surface area contributed by atoms with Gasteiger partial charge in [-0.3, -0.25) is 8.80 Å². The molecule has 0 aliphatic carbocycles. The summed E-state index contributed by atoms with van der Waals surface area (Å²) in [6, 6.07) is 59.3. The largest absolute Gasteiger partial charge is 0.308 e. The Kier molecular flexibility index (Phi) is 5.00. The molecule has 10 rings (SSSR count). The van der Waals surface area contributed by atoms with Crippen LogP contribution in [-0.2, 0) is 0 Å². The second-order valence-corrected chi connectivity index (χ2v) is 11.8. The lowest BCUT2D eigenvalue weighted by molar-refractivity contribution is 1.26. The minimum Gasteiger partial charge on any atom is -0.308 e. The summed E-state index contributed by atoms with van der Waals surface area (Å²) in [5.41, 5.74) is 11.9. The first-order valence-electron chi connectivity index (χ1n) is 15.5. The molecule has 0 radical (unpaired) electrons. The Labute approximate surface area is 259 Å². The second kappa shape index (κ2) is 9.22. The Morgan fingerprint density at radius 2 is 1.00 bits per heavy atom. The quantitative estimate of drug-likeness (QED) is 0.204. The number of hydrogen-bond acceptors (Lipinski definition) is 1. The highest BCUT2D eigenvalue weighted by Gasteiger charge is 2.26. The number of para-hydroxylation sites is 4. The molecule has 0 saturated carbocycles. The van der Waals surface area contributed by atoms with Crippen molar-refractivity contribution in [2.45, 2.75) is 0 Å². The molecule has 3 aromatic heterocycles. The van der Waals surface area contributed by atoms with Crippen molar-refractivity contribution in [3.05, 3.63) is 164 Å². The van der Waals surface area contributed by atoms with E-state index in [-0.39, 0.29) is 0 Å². The van der Waals surface area contributed by atoms with Crippen LogP contribution >= 0.6 is 0 Å².